The number of nitrogens with zero attached hydrogens (tertiary/aromatic N) is 1. The van der Waals surface area contributed by atoms with Gasteiger partial charge in [-0.05, 0) is 31.3 Å². The monoisotopic (exact) mass is 411 g/mol. The molecule has 0 saturated heterocycles. The zero-order valence-corrected chi connectivity index (χ0v) is 16.0. The van der Waals surface area contributed by atoms with Gasteiger partial charge in [-0.3, -0.25) is 14.5 Å². The van der Waals surface area contributed by atoms with Crippen molar-refractivity contribution >= 4 is 23.2 Å². The lowest BCUT2D eigenvalue weighted by molar-refractivity contribution is -0.119. The molecular formula is C19H20F3N3O4. The Morgan fingerprint density at radius 1 is 0.897 bits per heavy atom. The average Bonchev–Trinajstić information content (AvgIpc) is 2.68. The SMILES string of the molecule is COc1ccc(OC)c(NC(=O)CN(C)CC(=O)Nc2ccc(F)c(F)c2F)c1. The van der Waals surface area contributed by atoms with Crippen molar-refractivity contribution in [3.63, 3.8) is 0 Å². The number of carbonyl (C=O) groups excluding carboxylic acids is 2. The summed E-state index contributed by atoms with van der Waals surface area (Å²) in [4.78, 5) is 25.6. The number of rotatable bonds is 8. The summed E-state index contributed by atoms with van der Waals surface area (Å²) in [7, 11) is 4.42. The highest BCUT2D eigenvalue weighted by Crippen LogP contribution is 2.28. The molecule has 2 rings (SSSR count). The van der Waals surface area contributed by atoms with E-state index >= 15 is 0 Å². The number of hydrogen-bond donors (Lipinski definition) is 2. The van der Waals surface area contributed by atoms with E-state index in [0.717, 1.165) is 6.07 Å². The molecule has 156 valence electrons. The van der Waals surface area contributed by atoms with Crippen molar-refractivity contribution in [2.24, 2.45) is 0 Å². The zero-order valence-electron chi connectivity index (χ0n) is 16.0. The molecule has 0 atom stereocenters. The van der Waals surface area contributed by atoms with Crippen molar-refractivity contribution < 1.29 is 32.2 Å². The number of carbonyl (C=O) groups is 2. The van der Waals surface area contributed by atoms with Gasteiger partial charge in [-0.15, -0.1) is 0 Å². The van der Waals surface area contributed by atoms with Gasteiger partial charge in [-0.2, -0.15) is 0 Å². The second kappa shape index (κ2) is 9.78. The van der Waals surface area contributed by atoms with Crippen LogP contribution in [0, 0.1) is 17.5 Å². The largest absolute Gasteiger partial charge is 0.497 e. The minimum absolute atomic E-state index is 0.173. The third-order valence-electron chi connectivity index (χ3n) is 3.82. The Morgan fingerprint density at radius 3 is 2.10 bits per heavy atom. The van der Waals surface area contributed by atoms with E-state index in [2.05, 4.69) is 10.6 Å². The Balaban J connectivity index is 1.93. The van der Waals surface area contributed by atoms with Crippen LogP contribution in [0.4, 0.5) is 24.5 Å². The second-order valence-electron chi connectivity index (χ2n) is 6.06. The minimum Gasteiger partial charge on any atom is -0.497 e. The summed E-state index contributed by atoms with van der Waals surface area (Å²) >= 11 is 0. The van der Waals surface area contributed by atoms with Crippen molar-refractivity contribution in [2.45, 2.75) is 0 Å². The van der Waals surface area contributed by atoms with E-state index in [1.807, 2.05) is 0 Å². The van der Waals surface area contributed by atoms with Gasteiger partial charge < -0.3 is 20.1 Å². The Hall–Kier alpha value is -3.27. The molecule has 0 aliphatic rings. The van der Waals surface area contributed by atoms with Crippen molar-refractivity contribution in [2.75, 3.05) is 45.0 Å². The molecule has 0 aromatic heterocycles. The maximum atomic E-state index is 13.6. The van der Waals surface area contributed by atoms with Crippen molar-refractivity contribution in [1.82, 2.24) is 4.90 Å². The van der Waals surface area contributed by atoms with E-state index in [1.54, 1.807) is 18.2 Å². The summed E-state index contributed by atoms with van der Waals surface area (Å²) in [6, 6.07) is 6.49. The molecule has 0 unspecified atom stereocenters. The summed E-state index contributed by atoms with van der Waals surface area (Å²) < 4.78 is 50.0. The second-order valence-corrected chi connectivity index (χ2v) is 6.06. The predicted molar refractivity (Wildman–Crippen MR) is 101 cm³/mol. The summed E-state index contributed by atoms with van der Waals surface area (Å²) in [6.45, 7) is -0.463. The first-order valence-corrected chi connectivity index (χ1v) is 8.39. The van der Waals surface area contributed by atoms with Gasteiger partial charge in [0.15, 0.2) is 17.5 Å². The van der Waals surface area contributed by atoms with E-state index in [-0.39, 0.29) is 13.1 Å². The average molecular weight is 411 g/mol. The van der Waals surface area contributed by atoms with Gasteiger partial charge in [0.1, 0.15) is 11.5 Å². The number of anilines is 2. The highest BCUT2D eigenvalue weighted by molar-refractivity contribution is 5.95. The molecule has 0 aliphatic carbocycles. The van der Waals surface area contributed by atoms with E-state index < -0.39 is 35.0 Å². The number of methoxy groups -OCH3 is 2. The quantitative estimate of drug-likeness (QED) is 0.653. The molecule has 2 aromatic carbocycles. The van der Waals surface area contributed by atoms with Crippen molar-refractivity contribution in [1.29, 1.82) is 0 Å². The van der Waals surface area contributed by atoms with E-state index in [1.165, 1.54) is 26.2 Å². The first kappa shape index (κ1) is 22.0. The molecule has 7 nitrogen and oxygen atoms in total. The van der Waals surface area contributed by atoms with Crippen LogP contribution in [0.5, 0.6) is 11.5 Å². The van der Waals surface area contributed by atoms with Gasteiger partial charge in [-0.1, -0.05) is 0 Å². The molecule has 29 heavy (non-hydrogen) atoms. The topological polar surface area (TPSA) is 79.9 Å². The molecule has 0 saturated carbocycles. The maximum absolute atomic E-state index is 13.6. The van der Waals surface area contributed by atoms with Crippen LogP contribution >= 0.6 is 0 Å². The summed E-state index contributed by atoms with van der Waals surface area (Å²) in [5, 5.41) is 4.78. The highest BCUT2D eigenvalue weighted by atomic mass is 19.2. The number of hydrogen-bond acceptors (Lipinski definition) is 5. The fraction of sp³-hybridized carbons (Fsp3) is 0.263. The number of likely N-dealkylation sites (N-methyl/N-ethyl adjacent to an activating group) is 1. The number of nitrogens with one attached hydrogen (secondary N) is 2. The molecule has 0 fully saturated rings. The van der Waals surface area contributed by atoms with Crippen LogP contribution in [0.2, 0.25) is 0 Å². The Labute approximate surface area is 165 Å². The zero-order chi connectivity index (χ0) is 21.6. The normalized spacial score (nSPS) is 10.6. The maximum Gasteiger partial charge on any atom is 0.238 e. The lowest BCUT2D eigenvalue weighted by atomic mass is 10.2. The summed E-state index contributed by atoms with van der Waals surface area (Å²) in [5.74, 6) is -4.74. The van der Waals surface area contributed by atoms with E-state index in [0.29, 0.717) is 23.3 Å². The van der Waals surface area contributed by atoms with Crippen LogP contribution < -0.4 is 20.1 Å². The van der Waals surface area contributed by atoms with Crippen molar-refractivity contribution in [3.8, 4) is 11.5 Å². The lowest BCUT2D eigenvalue weighted by Crippen LogP contribution is -2.36. The fourth-order valence-corrected chi connectivity index (χ4v) is 2.46. The van der Waals surface area contributed by atoms with Gasteiger partial charge in [-0.25, -0.2) is 13.2 Å². The molecular weight excluding hydrogens is 391 g/mol. The molecule has 0 heterocycles. The van der Waals surface area contributed by atoms with Crippen LogP contribution in [-0.2, 0) is 9.59 Å². The van der Waals surface area contributed by atoms with Gasteiger partial charge in [0.25, 0.3) is 0 Å². The van der Waals surface area contributed by atoms with Crippen molar-refractivity contribution in [3.05, 3.63) is 47.8 Å². The third kappa shape index (κ3) is 5.85. The van der Waals surface area contributed by atoms with Crippen LogP contribution in [-0.4, -0.2) is 51.1 Å². The first-order chi connectivity index (χ1) is 13.7. The van der Waals surface area contributed by atoms with Crippen LogP contribution in [0.1, 0.15) is 0 Å². The molecule has 2 aromatic rings. The van der Waals surface area contributed by atoms with E-state index in [9.17, 15) is 22.8 Å². The molecule has 2 amide bonds. The number of amides is 2. The van der Waals surface area contributed by atoms with Gasteiger partial charge in [0.2, 0.25) is 11.8 Å². The fourth-order valence-electron chi connectivity index (χ4n) is 2.46. The number of ether oxygens (including phenoxy) is 2. The summed E-state index contributed by atoms with van der Waals surface area (Å²) in [5.41, 5.74) is -0.105. The minimum atomic E-state index is -1.68. The number of halogens is 3. The summed E-state index contributed by atoms with van der Waals surface area (Å²) in [6.07, 6.45) is 0. The number of benzene rings is 2. The molecule has 0 spiro atoms. The Morgan fingerprint density at radius 2 is 1.52 bits per heavy atom. The van der Waals surface area contributed by atoms with Gasteiger partial charge >= 0.3 is 0 Å². The van der Waals surface area contributed by atoms with Crippen LogP contribution in [0.15, 0.2) is 30.3 Å². The Bertz CT molecular complexity index is 909. The molecule has 0 aliphatic heterocycles. The van der Waals surface area contributed by atoms with Crippen LogP contribution in [0.3, 0.4) is 0 Å². The van der Waals surface area contributed by atoms with Gasteiger partial charge in [0, 0.05) is 6.07 Å². The Kier molecular flexibility index (Phi) is 7.43. The smallest absolute Gasteiger partial charge is 0.238 e. The lowest BCUT2D eigenvalue weighted by Gasteiger charge is -2.17. The predicted octanol–water partition coefficient (Wildman–Crippen LogP) is 2.63. The molecule has 10 heteroatoms. The highest BCUT2D eigenvalue weighted by Gasteiger charge is 2.17. The first-order valence-electron chi connectivity index (χ1n) is 8.39. The van der Waals surface area contributed by atoms with E-state index in [4.69, 9.17) is 9.47 Å². The molecule has 0 radical (unpaired) electrons. The molecule has 0 bridgehead atoms. The standard InChI is InChI=1S/C19H20F3N3O4/c1-25(9-16(26)23-13-6-5-12(20)18(21)19(13)22)10-17(27)24-14-8-11(28-2)4-7-15(14)29-3/h4-8H,9-10H2,1-3H3,(H,23,26)(H,24,27). The molecule has 2 N–H and O–H groups in total. The van der Waals surface area contributed by atoms with Crippen LogP contribution in [0.25, 0.3) is 0 Å². The third-order valence-corrected chi connectivity index (χ3v) is 3.82. The van der Waals surface area contributed by atoms with Gasteiger partial charge in [0.05, 0.1) is 38.7 Å².